The van der Waals surface area contributed by atoms with E-state index in [4.69, 9.17) is 11.6 Å². The topological polar surface area (TPSA) is 0 Å². The molecule has 14 heavy (non-hydrogen) atoms. The fourth-order valence-electron chi connectivity index (χ4n) is 1.17. The molecular weight excluding hydrogens is 208 g/mol. The molecule has 0 aliphatic heterocycles. The number of allylic oxidation sites excluding steroid dienone is 1. The van der Waals surface area contributed by atoms with Crippen LogP contribution in [0.3, 0.4) is 0 Å². The first kappa shape index (κ1) is 11.5. The molecule has 0 amide bonds. The predicted octanol–water partition coefficient (Wildman–Crippen LogP) is 4.32. The van der Waals surface area contributed by atoms with Gasteiger partial charge in [-0.05, 0) is 24.1 Å². The zero-order chi connectivity index (χ0) is 10.6. The quantitative estimate of drug-likeness (QED) is 0.671. The van der Waals surface area contributed by atoms with Crippen LogP contribution in [0.2, 0.25) is 24.7 Å². The Hall–Kier alpha value is -0.533. The summed E-state index contributed by atoms with van der Waals surface area (Å²) in [6.45, 7) is 7.02. The van der Waals surface area contributed by atoms with Gasteiger partial charge in [-0.1, -0.05) is 55.2 Å². The first-order chi connectivity index (χ1) is 6.47. The summed E-state index contributed by atoms with van der Waals surface area (Å²) in [5.41, 5.74) is 3.70. The Kier molecular flexibility index (Phi) is 3.96. The van der Waals surface area contributed by atoms with Gasteiger partial charge in [0.25, 0.3) is 0 Å². The highest BCUT2D eigenvalue weighted by Gasteiger charge is 2.05. The molecule has 0 fully saturated rings. The Labute approximate surface area is 92.6 Å². The lowest BCUT2D eigenvalue weighted by Gasteiger charge is -2.07. The zero-order valence-electron chi connectivity index (χ0n) is 9.05. The molecule has 2 heteroatoms. The minimum atomic E-state index is -1.03. The van der Waals surface area contributed by atoms with E-state index in [1.54, 1.807) is 0 Å². The SMILES string of the molecule is C[Si](C)(C)/C=C/Cc1ccc(Cl)cc1. The van der Waals surface area contributed by atoms with Crippen LogP contribution in [-0.2, 0) is 6.42 Å². The second-order valence-electron chi connectivity index (χ2n) is 4.60. The molecule has 0 aromatic heterocycles. The van der Waals surface area contributed by atoms with Gasteiger partial charge in [0.1, 0.15) is 0 Å². The lowest BCUT2D eigenvalue weighted by Crippen LogP contribution is -2.15. The van der Waals surface area contributed by atoms with Crippen LogP contribution in [-0.4, -0.2) is 8.07 Å². The van der Waals surface area contributed by atoms with E-state index in [0.717, 1.165) is 11.4 Å². The van der Waals surface area contributed by atoms with Crippen molar-refractivity contribution in [3.05, 3.63) is 46.6 Å². The van der Waals surface area contributed by atoms with Gasteiger partial charge in [0, 0.05) is 5.02 Å². The van der Waals surface area contributed by atoms with Crippen LogP contribution in [0.1, 0.15) is 5.56 Å². The lowest BCUT2D eigenvalue weighted by molar-refractivity contribution is 1.27. The minimum Gasteiger partial charge on any atom is -0.0986 e. The number of halogens is 1. The first-order valence-corrected chi connectivity index (χ1v) is 8.85. The normalized spacial score (nSPS) is 12.3. The van der Waals surface area contributed by atoms with Crippen molar-refractivity contribution in [2.24, 2.45) is 0 Å². The molecule has 1 aromatic rings. The average Bonchev–Trinajstić information content (AvgIpc) is 2.06. The molecule has 0 aliphatic rings. The summed E-state index contributed by atoms with van der Waals surface area (Å²) in [5, 5.41) is 0.808. The number of rotatable bonds is 3. The molecule has 0 atom stereocenters. The summed E-state index contributed by atoms with van der Waals surface area (Å²) in [6, 6.07) is 8.05. The third-order valence-corrected chi connectivity index (χ3v) is 3.37. The highest BCUT2D eigenvalue weighted by Crippen LogP contribution is 2.11. The fourth-order valence-corrected chi connectivity index (χ4v) is 2.12. The van der Waals surface area contributed by atoms with E-state index in [-0.39, 0.29) is 0 Å². The molecule has 0 spiro atoms. The summed E-state index contributed by atoms with van der Waals surface area (Å²) in [6.07, 6.45) is 3.29. The average molecular weight is 225 g/mol. The van der Waals surface area contributed by atoms with E-state index in [2.05, 4.69) is 43.5 Å². The molecule has 0 saturated carbocycles. The highest BCUT2D eigenvalue weighted by atomic mass is 35.5. The predicted molar refractivity (Wildman–Crippen MR) is 67.6 cm³/mol. The van der Waals surface area contributed by atoms with Crippen molar-refractivity contribution in [2.75, 3.05) is 0 Å². The smallest absolute Gasteiger partial charge is 0.0683 e. The van der Waals surface area contributed by atoms with Gasteiger partial charge < -0.3 is 0 Å². The molecule has 0 radical (unpaired) electrons. The summed E-state index contributed by atoms with van der Waals surface area (Å²) in [7, 11) is -1.03. The van der Waals surface area contributed by atoms with Gasteiger partial charge in [-0.2, -0.15) is 0 Å². The molecule has 0 bridgehead atoms. The van der Waals surface area contributed by atoms with Crippen LogP contribution in [0, 0.1) is 0 Å². The summed E-state index contributed by atoms with van der Waals surface area (Å²) in [4.78, 5) is 0. The summed E-state index contributed by atoms with van der Waals surface area (Å²) >= 11 is 5.81. The van der Waals surface area contributed by atoms with E-state index in [9.17, 15) is 0 Å². The van der Waals surface area contributed by atoms with Crippen molar-refractivity contribution in [2.45, 2.75) is 26.1 Å². The van der Waals surface area contributed by atoms with Gasteiger partial charge in [0.2, 0.25) is 0 Å². The Morgan fingerprint density at radius 2 is 1.71 bits per heavy atom. The Balaban J connectivity index is 2.54. The molecule has 0 saturated heterocycles. The minimum absolute atomic E-state index is 0.808. The Bertz CT molecular complexity index is 306. The van der Waals surface area contributed by atoms with Crippen LogP contribution >= 0.6 is 11.6 Å². The van der Waals surface area contributed by atoms with E-state index in [1.165, 1.54) is 5.56 Å². The molecule has 0 unspecified atom stereocenters. The molecule has 0 aliphatic carbocycles. The van der Waals surface area contributed by atoms with Gasteiger partial charge in [0.15, 0.2) is 0 Å². The molecule has 1 aromatic carbocycles. The monoisotopic (exact) mass is 224 g/mol. The van der Waals surface area contributed by atoms with Gasteiger partial charge in [-0.15, -0.1) is 0 Å². The first-order valence-electron chi connectivity index (χ1n) is 4.89. The maximum atomic E-state index is 5.81. The van der Waals surface area contributed by atoms with Crippen molar-refractivity contribution in [3.63, 3.8) is 0 Å². The number of hydrogen-bond acceptors (Lipinski definition) is 0. The molecule has 0 N–H and O–H groups in total. The Morgan fingerprint density at radius 1 is 1.14 bits per heavy atom. The van der Waals surface area contributed by atoms with Crippen molar-refractivity contribution in [1.82, 2.24) is 0 Å². The maximum absolute atomic E-state index is 5.81. The molecule has 0 nitrogen and oxygen atoms in total. The standard InChI is InChI=1S/C12H17ClSi/c1-14(2,3)10-4-5-11-6-8-12(13)9-7-11/h4,6-10H,5H2,1-3H3/b10-4+. The van der Waals surface area contributed by atoms with E-state index in [0.29, 0.717) is 0 Å². The third kappa shape index (κ3) is 4.63. The van der Waals surface area contributed by atoms with Crippen LogP contribution in [0.5, 0.6) is 0 Å². The van der Waals surface area contributed by atoms with Crippen molar-refractivity contribution in [1.29, 1.82) is 0 Å². The van der Waals surface area contributed by atoms with Crippen molar-refractivity contribution in [3.8, 4) is 0 Å². The zero-order valence-corrected chi connectivity index (χ0v) is 10.8. The summed E-state index contributed by atoms with van der Waals surface area (Å²) < 4.78 is 0. The lowest BCUT2D eigenvalue weighted by atomic mass is 10.2. The number of hydrogen-bond donors (Lipinski definition) is 0. The van der Waals surface area contributed by atoms with Crippen LogP contribution in [0.4, 0.5) is 0 Å². The fraction of sp³-hybridized carbons (Fsp3) is 0.333. The van der Waals surface area contributed by atoms with Gasteiger partial charge in [-0.3, -0.25) is 0 Å². The van der Waals surface area contributed by atoms with Gasteiger partial charge in [0.05, 0.1) is 8.07 Å². The van der Waals surface area contributed by atoms with Crippen LogP contribution < -0.4 is 0 Å². The van der Waals surface area contributed by atoms with E-state index < -0.39 is 8.07 Å². The third-order valence-electron chi connectivity index (χ3n) is 1.88. The summed E-state index contributed by atoms with van der Waals surface area (Å²) in [5.74, 6) is 0. The molecule has 1 rings (SSSR count). The molecule has 0 heterocycles. The van der Waals surface area contributed by atoms with Crippen molar-refractivity contribution >= 4 is 19.7 Å². The largest absolute Gasteiger partial charge is 0.0986 e. The maximum Gasteiger partial charge on any atom is 0.0683 e. The van der Waals surface area contributed by atoms with E-state index >= 15 is 0 Å². The van der Waals surface area contributed by atoms with Gasteiger partial charge in [-0.25, -0.2) is 0 Å². The van der Waals surface area contributed by atoms with Crippen molar-refractivity contribution < 1.29 is 0 Å². The number of benzene rings is 1. The second kappa shape index (κ2) is 4.81. The van der Waals surface area contributed by atoms with E-state index in [1.807, 2.05) is 12.1 Å². The van der Waals surface area contributed by atoms with Gasteiger partial charge >= 0.3 is 0 Å². The Morgan fingerprint density at radius 3 is 2.21 bits per heavy atom. The van der Waals surface area contributed by atoms with Crippen LogP contribution in [0.15, 0.2) is 36.0 Å². The van der Waals surface area contributed by atoms with Crippen LogP contribution in [0.25, 0.3) is 0 Å². The molecular formula is C12H17ClSi. The highest BCUT2D eigenvalue weighted by molar-refractivity contribution is 6.80. The second-order valence-corrected chi connectivity index (χ2v) is 10.1. The molecule has 76 valence electrons.